The number of hydrogen-bond acceptors (Lipinski definition) is 5. The van der Waals surface area contributed by atoms with Gasteiger partial charge in [0.25, 0.3) is 0 Å². The van der Waals surface area contributed by atoms with E-state index >= 15 is 0 Å². The molecule has 0 aromatic carbocycles. The van der Waals surface area contributed by atoms with E-state index in [0.717, 1.165) is 30.8 Å². The van der Waals surface area contributed by atoms with Gasteiger partial charge >= 0.3 is 0 Å². The predicted molar refractivity (Wildman–Crippen MR) is 82.4 cm³/mol. The number of rotatable bonds is 3. The SMILES string of the molecule is CC1(C)CN(c2nc3c(cc2CN)CCC3)CC(CO)O1. The maximum Gasteiger partial charge on any atom is 0.133 e. The minimum absolute atomic E-state index is 0.0306. The molecule has 3 N–H and O–H groups in total. The number of anilines is 1. The molecule has 116 valence electrons. The van der Waals surface area contributed by atoms with E-state index in [4.69, 9.17) is 15.5 Å². The summed E-state index contributed by atoms with van der Waals surface area (Å²) in [5.74, 6) is 0.980. The highest BCUT2D eigenvalue weighted by Crippen LogP contribution is 2.31. The summed E-state index contributed by atoms with van der Waals surface area (Å²) >= 11 is 0. The monoisotopic (exact) mass is 291 g/mol. The maximum atomic E-state index is 9.47. The van der Waals surface area contributed by atoms with Gasteiger partial charge in [-0.1, -0.05) is 0 Å². The van der Waals surface area contributed by atoms with Crippen molar-refractivity contribution >= 4 is 5.82 Å². The van der Waals surface area contributed by atoms with Crippen LogP contribution in [0.25, 0.3) is 0 Å². The zero-order valence-electron chi connectivity index (χ0n) is 12.9. The lowest BCUT2D eigenvalue weighted by Gasteiger charge is -2.43. The molecule has 1 aliphatic heterocycles. The van der Waals surface area contributed by atoms with Crippen LogP contribution in [0.3, 0.4) is 0 Å². The van der Waals surface area contributed by atoms with Gasteiger partial charge in [0, 0.05) is 30.9 Å². The smallest absolute Gasteiger partial charge is 0.133 e. The van der Waals surface area contributed by atoms with Gasteiger partial charge in [0.05, 0.1) is 18.3 Å². The first kappa shape index (κ1) is 14.8. The Morgan fingerprint density at radius 3 is 3.00 bits per heavy atom. The van der Waals surface area contributed by atoms with Crippen molar-refractivity contribution in [3.63, 3.8) is 0 Å². The highest BCUT2D eigenvalue weighted by Gasteiger charge is 2.34. The Labute approximate surface area is 126 Å². The first-order chi connectivity index (χ1) is 10.0. The molecule has 0 bridgehead atoms. The van der Waals surface area contributed by atoms with Crippen molar-refractivity contribution in [3.8, 4) is 0 Å². The number of aromatic nitrogens is 1. The van der Waals surface area contributed by atoms with E-state index in [1.165, 1.54) is 17.7 Å². The van der Waals surface area contributed by atoms with Crippen LogP contribution in [0.5, 0.6) is 0 Å². The van der Waals surface area contributed by atoms with Gasteiger partial charge in [-0.2, -0.15) is 0 Å². The first-order valence-corrected chi connectivity index (χ1v) is 7.78. The number of aliphatic hydroxyl groups is 1. The van der Waals surface area contributed by atoms with Gasteiger partial charge in [-0.05, 0) is 44.7 Å². The first-order valence-electron chi connectivity index (χ1n) is 7.78. The lowest BCUT2D eigenvalue weighted by Crippen LogP contribution is -2.54. The average Bonchev–Trinajstić information content (AvgIpc) is 2.91. The molecule has 21 heavy (non-hydrogen) atoms. The highest BCUT2D eigenvalue weighted by atomic mass is 16.5. The number of nitrogens with zero attached hydrogens (tertiary/aromatic N) is 2. The molecule has 3 rings (SSSR count). The zero-order valence-corrected chi connectivity index (χ0v) is 12.9. The zero-order chi connectivity index (χ0) is 15.0. The molecule has 1 aliphatic carbocycles. The number of nitrogens with two attached hydrogens (primary N) is 1. The summed E-state index contributed by atoms with van der Waals surface area (Å²) in [6, 6.07) is 2.22. The van der Waals surface area contributed by atoms with Gasteiger partial charge in [0.15, 0.2) is 0 Å². The van der Waals surface area contributed by atoms with E-state index in [0.29, 0.717) is 13.1 Å². The second-order valence-corrected chi connectivity index (χ2v) is 6.70. The lowest BCUT2D eigenvalue weighted by atomic mass is 10.0. The van der Waals surface area contributed by atoms with Gasteiger partial charge < -0.3 is 20.5 Å². The van der Waals surface area contributed by atoms with Crippen LogP contribution < -0.4 is 10.6 Å². The second-order valence-electron chi connectivity index (χ2n) is 6.70. The topological polar surface area (TPSA) is 71.6 Å². The number of morpholine rings is 1. The Balaban J connectivity index is 1.95. The van der Waals surface area contributed by atoms with Crippen LogP contribution >= 0.6 is 0 Å². The number of aliphatic hydroxyl groups excluding tert-OH is 1. The summed E-state index contributed by atoms with van der Waals surface area (Å²) in [6.07, 6.45) is 3.19. The van der Waals surface area contributed by atoms with E-state index in [1.54, 1.807) is 0 Å². The van der Waals surface area contributed by atoms with Gasteiger partial charge in [-0.3, -0.25) is 0 Å². The molecular formula is C16H25N3O2. The molecule has 2 aliphatic rings. The van der Waals surface area contributed by atoms with E-state index in [2.05, 4.69) is 24.8 Å². The Morgan fingerprint density at radius 1 is 1.48 bits per heavy atom. The van der Waals surface area contributed by atoms with Crippen LogP contribution in [0, 0.1) is 0 Å². The summed E-state index contributed by atoms with van der Waals surface area (Å²) < 4.78 is 5.89. The van der Waals surface area contributed by atoms with E-state index < -0.39 is 0 Å². The fraction of sp³-hybridized carbons (Fsp3) is 0.688. The molecule has 0 spiro atoms. The molecule has 0 saturated carbocycles. The van der Waals surface area contributed by atoms with Crippen molar-refractivity contribution in [3.05, 3.63) is 22.9 Å². The normalized spacial score (nSPS) is 24.2. The summed E-state index contributed by atoms with van der Waals surface area (Å²) in [4.78, 5) is 7.12. The van der Waals surface area contributed by atoms with Crippen molar-refractivity contribution in [2.75, 3.05) is 24.6 Å². The summed E-state index contributed by atoms with van der Waals surface area (Å²) in [5, 5.41) is 9.47. The minimum Gasteiger partial charge on any atom is -0.394 e. The maximum absolute atomic E-state index is 9.47. The second kappa shape index (κ2) is 5.55. The van der Waals surface area contributed by atoms with E-state index in [-0.39, 0.29) is 18.3 Å². The number of aryl methyl sites for hydroxylation is 2. The number of pyridine rings is 1. The van der Waals surface area contributed by atoms with E-state index in [1.807, 2.05) is 0 Å². The minimum atomic E-state index is -0.293. The largest absolute Gasteiger partial charge is 0.394 e. The van der Waals surface area contributed by atoms with Crippen LogP contribution in [0.15, 0.2) is 6.07 Å². The molecule has 1 aromatic heterocycles. The van der Waals surface area contributed by atoms with Crippen LogP contribution in [-0.2, 0) is 24.1 Å². The fourth-order valence-electron chi connectivity index (χ4n) is 3.48. The average molecular weight is 291 g/mol. The molecule has 0 radical (unpaired) electrons. The van der Waals surface area contributed by atoms with Crippen molar-refractivity contribution in [2.45, 2.75) is 51.4 Å². The van der Waals surface area contributed by atoms with Crippen molar-refractivity contribution in [2.24, 2.45) is 5.73 Å². The molecular weight excluding hydrogens is 266 g/mol. The molecule has 2 heterocycles. The molecule has 1 fully saturated rings. The van der Waals surface area contributed by atoms with Crippen molar-refractivity contribution in [1.29, 1.82) is 0 Å². The molecule has 1 unspecified atom stereocenters. The summed E-state index contributed by atoms with van der Waals surface area (Å²) in [6.45, 7) is 6.07. The van der Waals surface area contributed by atoms with Crippen molar-refractivity contribution < 1.29 is 9.84 Å². The van der Waals surface area contributed by atoms with Gasteiger partial charge in [0.2, 0.25) is 0 Å². The Bertz CT molecular complexity index is 530. The van der Waals surface area contributed by atoms with Gasteiger partial charge in [-0.15, -0.1) is 0 Å². The molecule has 1 atom stereocenters. The van der Waals surface area contributed by atoms with Crippen molar-refractivity contribution in [1.82, 2.24) is 4.98 Å². The van der Waals surface area contributed by atoms with Crippen LogP contribution in [0.2, 0.25) is 0 Å². The van der Waals surface area contributed by atoms with E-state index in [9.17, 15) is 5.11 Å². The van der Waals surface area contributed by atoms with Crippen LogP contribution in [0.1, 0.15) is 37.1 Å². The van der Waals surface area contributed by atoms with Gasteiger partial charge in [0.1, 0.15) is 5.82 Å². The van der Waals surface area contributed by atoms with Gasteiger partial charge in [-0.25, -0.2) is 4.98 Å². The van der Waals surface area contributed by atoms with Crippen LogP contribution in [-0.4, -0.2) is 41.5 Å². The Morgan fingerprint density at radius 2 is 2.29 bits per heavy atom. The third kappa shape index (κ3) is 2.91. The Hall–Kier alpha value is -1.17. The van der Waals surface area contributed by atoms with Crippen LogP contribution in [0.4, 0.5) is 5.82 Å². The molecule has 5 nitrogen and oxygen atoms in total. The highest BCUT2D eigenvalue weighted by molar-refractivity contribution is 5.51. The summed E-state index contributed by atoms with van der Waals surface area (Å²) in [7, 11) is 0. The third-order valence-corrected chi connectivity index (χ3v) is 4.31. The molecule has 0 amide bonds. The predicted octanol–water partition coefficient (Wildman–Crippen LogP) is 1.01. The summed E-state index contributed by atoms with van der Waals surface area (Å²) in [5.41, 5.74) is 9.31. The standard InChI is InChI=1S/C16H25N3O2/c1-16(2)10-19(8-13(9-20)21-16)15-12(7-17)6-11-4-3-5-14(11)18-15/h6,13,20H,3-5,7-10,17H2,1-2H3. The fourth-order valence-corrected chi connectivity index (χ4v) is 3.48. The number of fused-ring (bicyclic) bond motifs is 1. The number of hydrogen-bond donors (Lipinski definition) is 2. The third-order valence-electron chi connectivity index (χ3n) is 4.31. The quantitative estimate of drug-likeness (QED) is 0.869. The Kier molecular flexibility index (Phi) is 3.90. The number of ether oxygens (including phenoxy) is 1. The molecule has 1 aromatic rings. The molecule has 1 saturated heterocycles. The lowest BCUT2D eigenvalue weighted by molar-refractivity contribution is -0.101. The molecule has 5 heteroatoms.